The zero-order chi connectivity index (χ0) is 17.0. The molecule has 8 bridgehead atoms. The lowest BCUT2D eigenvalue weighted by Gasteiger charge is -2.36. The first kappa shape index (κ1) is 14.7. The van der Waals surface area contributed by atoms with Crippen molar-refractivity contribution in [1.82, 2.24) is 0 Å². The van der Waals surface area contributed by atoms with Gasteiger partial charge in [0, 0.05) is 30.5 Å². The van der Waals surface area contributed by atoms with E-state index in [1.807, 2.05) is 17.0 Å². The molecule has 118 valence electrons. The summed E-state index contributed by atoms with van der Waals surface area (Å²) in [5.41, 5.74) is 7.14. The molecule has 0 aliphatic carbocycles. The van der Waals surface area contributed by atoms with Gasteiger partial charge in [0.1, 0.15) is 0 Å². The van der Waals surface area contributed by atoms with Gasteiger partial charge >= 0.3 is 0 Å². The molecule has 6 aliphatic rings. The summed E-state index contributed by atoms with van der Waals surface area (Å²) in [5.74, 6) is 0. The average Bonchev–Trinajstić information content (AvgIpc) is 2.62. The Bertz CT molecular complexity index is 1000. The molecule has 0 N–H and O–H groups in total. The molecule has 0 saturated carbocycles. The Labute approximate surface area is 152 Å². The van der Waals surface area contributed by atoms with Crippen LogP contribution in [-0.2, 0) is 12.8 Å². The fourth-order valence-corrected chi connectivity index (χ4v) is 3.58. The first-order chi connectivity index (χ1) is 12.2. The number of fused-ring (bicyclic) bond motifs is 1. The molecule has 0 saturated heterocycles. The molecule has 0 atom stereocenters. The van der Waals surface area contributed by atoms with Crippen LogP contribution in [0.2, 0.25) is 5.02 Å². The van der Waals surface area contributed by atoms with E-state index in [0.717, 1.165) is 35.6 Å². The first-order valence-corrected chi connectivity index (χ1v) is 8.61. The number of nitrogens with zero attached hydrogens (tertiary/aromatic N) is 2. The molecule has 4 radical (unpaired) electrons. The van der Waals surface area contributed by atoms with Gasteiger partial charge in [-0.3, -0.25) is 4.99 Å². The van der Waals surface area contributed by atoms with Gasteiger partial charge in [-0.05, 0) is 53.8 Å². The molecular formula is C22H13ClN2. The monoisotopic (exact) mass is 340 g/mol. The number of hydrogen-bond acceptors (Lipinski definition) is 2. The van der Waals surface area contributed by atoms with Crippen LogP contribution in [0, 0.1) is 13.0 Å². The van der Waals surface area contributed by atoms with Gasteiger partial charge in [0.15, 0.2) is 0 Å². The molecule has 3 aromatic carbocycles. The minimum atomic E-state index is 0.308. The summed E-state index contributed by atoms with van der Waals surface area (Å²) < 4.78 is 0. The van der Waals surface area contributed by atoms with Crippen LogP contribution in [0.25, 0.3) is 0 Å². The average molecular weight is 341 g/mol. The Balaban J connectivity index is 1.71. The molecule has 2 nitrogen and oxygen atoms in total. The molecule has 3 aromatic rings. The highest BCUT2D eigenvalue weighted by Gasteiger charge is 2.31. The summed E-state index contributed by atoms with van der Waals surface area (Å²) in [6, 6.07) is 20.0. The number of benzene rings is 3. The van der Waals surface area contributed by atoms with E-state index in [4.69, 9.17) is 18.5 Å². The molecule has 3 heteroatoms. The Morgan fingerprint density at radius 1 is 0.920 bits per heavy atom. The first-order valence-electron chi connectivity index (χ1n) is 8.23. The van der Waals surface area contributed by atoms with E-state index in [1.54, 1.807) is 6.21 Å². The number of aryl methyl sites for hydroxylation is 2. The maximum Gasteiger partial charge on any atom is 0.0753 e. The predicted molar refractivity (Wildman–Crippen MR) is 102 cm³/mol. The maximum absolute atomic E-state index is 8.30. The lowest BCUT2D eigenvalue weighted by atomic mass is 9.96. The van der Waals surface area contributed by atoms with E-state index in [1.165, 1.54) is 11.1 Å². The van der Waals surface area contributed by atoms with Crippen LogP contribution in [0.15, 0.2) is 53.5 Å². The maximum atomic E-state index is 8.30. The van der Waals surface area contributed by atoms with Crippen LogP contribution < -0.4 is 4.90 Å². The highest BCUT2D eigenvalue weighted by atomic mass is 35.5. The van der Waals surface area contributed by atoms with Crippen LogP contribution >= 0.6 is 11.6 Å². The molecule has 0 fully saturated rings. The van der Waals surface area contributed by atoms with E-state index in [9.17, 15) is 0 Å². The molecular weight excluding hydrogens is 328 g/mol. The van der Waals surface area contributed by atoms with Crippen LogP contribution in [0.1, 0.15) is 22.3 Å². The second-order valence-corrected chi connectivity index (χ2v) is 6.73. The largest absolute Gasteiger partial charge is 0.307 e. The molecule has 9 rings (SSSR count). The van der Waals surface area contributed by atoms with Gasteiger partial charge in [0.2, 0.25) is 0 Å². The summed E-state index contributed by atoms with van der Waals surface area (Å²) in [5, 5.41) is 0.417. The zero-order valence-electron chi connectivity index (χ0n) is 13.4. The third-order valence-corrected chi connectivity index (χ3v) is 5.18. The summed E-state index contributed by atoms with van der Waals surface area (Å²) in [6.45, 7) is 8.30. The predicted octanol–water partition coefficient (Wildman–Crippen LogP) is 5.71. The molecule has 0 amide bonds. The van der Waals surface area contributed by atoms with E-state index in [0.29, 0.717) is 16.1 Å². The number of anilines is 3. The van der Waals surface area contributed by atoms with Gasteiger partial charge in [-0.15, -0.1) is 0 Å². The van der Waals surface area contributed by atoms with E-state index in [2.05, 4.69) is 47.5 Å². The quantitative estimate of drug-likeness (QED) is 0.400. The van der Waals surface area contributed by atoms with Gasteiger partial charge in [-0.1, -0.05) is 35.9 Å². The highest BCUT2D eigenvalue weighted by Crippen LogP contribution is 2.51. The molecule has 0 unspecified atom stereocenters. The fraction of sp³-hybridized carbons (Fsp3) is 0.0909. The lowest BCUT2D eigenvalue weighted by Crippen LogP contribution is -2.22. The SMILES string of the molecule is [C]c1c(Cl)c2[c]c3c1C=Nc1ccc(cc1)CCc1ccc(cc1)N23. The van der Waals surface area contributed by atoms with Crippen molar-refractivity contribution in [2.45, 2.75) is 12.8 Å². The zero-order valence-corrected chi connectivity index (χ0v) is 14.1. The number of rotatable bonds is 0. The van der Waals surface area contributed by atoms with Crippen molar-refractivity contribution >= 4 is 40.6 Å². The second kappa shape index (κ2) is 5.47. The van der Waals surface area contributed by atoms with Crippen LogP contribution in [-0.4, -0.2) is 6.21 Å². The van der Waals surface area contributed by atoms with Crippen LogP contribution in [0.3, 0.4) is 0 Å². The molecule has 0 aromatic heterocycles. The summed E-state index contributed by atoms with van der Waals surface area (Å²) in [4.78, 5) is 6.59. The lowest BCUT2D eigenvalue weighted by molar-refractivity contribution is 0.960. The molecule has 0 spiro atoms. The van der Waals surface area contributed by atoms with E-state index >= 15 is 0 Å². The minimum Gasteiger partial charge on any atom is -0.307 e. The molecule has 6 aliphatic heterocycles. The second-order valence-electron chi connectivity index (χ2n) is 6.35. The normalized spacial score (nSPS) is 14.2. The topological polar surface area (TPSA) is 15.6 Å². The smallest absolute Gasteiger partial charge is 0.0753 e. The number of hydrogen-bond donors (Lipinski definition) is 0. The van der Waals surface area contributed by atoms with Gasteiger partial charge in [0.25, 0.3) is 0 Å². The van der Waals surface area contributed by atoms with Crippen LogP contribution in [0.4, 0.5) is 22.7 Å². The van der Waals surface area contributed by atoms with Crippen molar-refractivity contribution < 1.29 is 0 Å². The third kappa shape index (κ3) is 2.29. The van der Waals surface area contributed by atoms with Gasteiger partial charge in [-0.2, -0.15) is 0 Å². The van der Waals surface area contributed by atoms with Gasteiger partial charge in [0.05, 0.1) is 22.1 Å². The van der Waals surface area contributed by atoms with E-state index in [-0.39, 0.29) is 0 Å². The van der Waals surface area contributed by atoms with Gasteiger partial charge in [-0.25, -0.2) is 0 Å². The van der Waals surface area contributed by atoms with E-state index < -0.39 is 0 Å². The third-order valence-electron chi connectivity index (χ3n) is 4.81. The molecule has 25 heavy (non-hydrogen) atoms. The van der Waals surface area contributed by atoms with Crippen molar-refractivity contribution in [1.29, 1.82) is 0 Å². The Kier molecular flexibility index (Phi) is 3.22. The number of aliphatic imine (C=N–C) groups is 1. The Morgan fingerprint density at radius 3 is 2.24 bits per heavy atom. The Hall–Kier alpha value is -2.58. The van der Waals surface area contributed by atoms with Crippen molar-refractivity contribution in [2.24, 2.45) is 4.99 Å². The minimum absolute atomic E-state index is 0.308. The van der Waals surface area contributed by atoms with Crippen molar-refractivity contribution in [3.8, 4) is 0 Å². The summed E-state index contributed by atoms with van der Waals surface area (Å²) in [6.07, 6.45) is 3.73. The van der Waals surface area contributed by atoms with Crippen molar-refractivity contribution in [3.05, 3.63) is 88.8 Å². The number of halogens is 1. The molecule has 6 heterocycles. The van der Waals surface area contributed by atoms with Crippen LogP contribution in [0.5, 0.6) is 0 Å². The highest BCUT2D eigenvalue weighted by molar-refractivity contribution is 6.36. The Morgan fingerprint density at radius 2 is 1.56 bits per heavy atom. The summed E-state index contributed by atoms with van der Waals surface area (Å²) >= 11 is 6.40. The summed E-state index contributed by atoms with van der Waals surface area (Å²) in [7, 11) is 0. The van der Waals surface area contributed by atoms with Gasteiger partial charge < -0.3 is 4.90 Å². The standard InChI is InChI=1S/C22H13ClN2/c1-14-19-13-24-17-8-4-15(5-9-17)2-3-16-6-10-18(11-7-16)25-20(19)12-21(25)22(14)23/h4-11,13H,2-3H2. The van der Waals surface area contributed by atoms with Crippen molar-refractivity contribution in [2.75, 3.05) is 4.90 Å². The van der Waals surface area contributed by atoms with Crippen molar-refractivity contribution in [3.63, 3.8) is 0 Å². The fourth-order valence-electron chi connectivity index (χ4n) is 3.35.